The van der Waals surface area contributed by atoms with E-state index in [1.165, 1.54) is 12.5 Å². The minimum absolute atomic E-state index is 0.0157. The van der Waals surface area contributed by atoms with E-state index in [1.807, 2.05) is 0 Å². The second kappa shape index (κ2) is 21.5. The first kappa shape index (κ1) is 34.4. The van der Waals surface area contributed by atoms with Crippen LogP contribution < -0.4 is 0 Å². The van der Waals surface area contributed by atoms with Crippen LogP contribution in [-0.4, -0.2) is 121 Å². The molecule has 0 aliphatic rings. The Kier molecular flexibility index (Phi) is 20.6. The van der Waals surface area contributed by atoms with E-state index in [1.54, 1.807) is 0 Å². The van der Waals surface area contributed by atoms with E-state index in [2.05, 4.69) is 27.4 Å². The third-order valence-corrected chi connectivity index (χ3v) is 3.55. The van der Waals surface area contributed by atoms with Gasteiger partial charge in [-0.25, -0.2) is 0 Å². The summed E-state index contributed by atoms with van der Waals surface area (Å²) >= 11 is 0. The smallest absolute Gasteiger partial charge is 0.383 e. The second-order valence-corrected chi connectivity index (χ2v) is 6.87. The maximum atomic E-state index is 13.6. The summed E-state index contributed by atoms with van der Waals surface area (Å²) in [5.41, 5.74) is 0. The zero-order chi connectivity index (χ0) is 27.1. The minimum Gasteiger partial charge on any atom is -0.499 e. The van der Waals surface area contributed by atoms with Crippen LogP contribution in [0, 0.1) is 0 Å². The molecule has 0 fully saturated rings. The van der Waals surface area contributed by atoms with E-state index < -0.39 is 51.0 Å². The third kappa shape index (κ3) is 22.9. The molecule has 0 radical (unpaired) electrons. The molecule has 0 saturated heterocycles. The average molecular weight is 541 g/mol. The molecule has 15 heteroatoms. The Labute approximate surface area is 207 Å². The zero-order valence-corrected chi connectivity index (χ0v) is 20.0. The molecule has 0 saturated carbocycles. The molecule has 0 spiro atoms. The summed E-state index contributed by atoms with van der Waals surface area (Å²) in [6.45, 7) is 3.00. The van der Waals surface area contributed by atoms with Crippen LogP contribution in [0.2, 0.25) is 0 Å². The maximum absolute atomic E-state index is 13.6. The van der Waals surface area contributed by atoms with Crippen LogP contribution >= 0.6 is 0 Å². The Morgan fingerprint density at radius 2 is 0.972 bits per heavy atom. The molecule has 0 amide bonds. The number of aliphatic hydroxyl groups is 2. The Balaban J connectivity index is 3.79. The Morgan fingerprint density at radius 3 is 1.44 bits per heavy atom. The number of ether oxygens (including phenoxy) is 9. The van der Waals surface area contributed by atoms with E-state index in [4.69, 9.17) is 28.4 Å². The summed E-state index contributed by atoms with van der Waals surface area (Å²) in [5.74, 6) is 0. The molecule has 11 nitrogen and oxygen atoms in total. The molecule has 0 heterocycles. The lowest BCUT2D eigenvalue weighted by Crippen LogP contribution is -2.40. The summed E-state index contributed by atoms with van der Waals surface area (Å²) in [5, 5.41) is 19.1. The van der Waals surface area contributed by atoms with Gasteiger partial charge in [0, 0.05) is 0 Å². The molecule has 214 valence electrons. The van der Waals surface area contributed by atoms with Crippen molar-refractivity contribution in [2.24, 2.45) is 0 Å². The van der Waals surface area contributed by atoms with E-state index >= 15 is 0 Å². The number of hydrogen-bond acceptors (Lipinski definition) is 11. The van der Waals surface area contributed by atoms with Gasteiger partial charge >= 0.3 is 12.2 Å². The van der Waals surface area contributed by atoms with Crippen molar-refractivity contribution in [3.05, 3.63) is 25.7 Å². The highest BCUT2D eigenvalue weighted by atomic mass is 19.3. The molecular weight excluding hydrogens is 504 g/mol. The fourth-order valence-corrected chi connectivity index (χ4v) is 2.12. The van der Waals surface area contributed by atoms with Crippen molar-refractivity contribution in [1.82, 2.24) is 0 Å². The van der Waals surface area contributed by atoms with Crippen LogP contribution in [0.25, 0.3) is 0 Å². The quantitative estimate of drug-likeness (QED) is 0.0678. The predicted octanol–water partition coefficient (Wildman–Crippen LogP) is 1.29. The highest BCUT2D eigenvalue weighted by molar-refractivity contribution is 4.60. The van der Waals surface area contributed by atoms with Crippen LogP contribution in [0.15, 0.2) is 25.7 Å². The first-order valence-electron chi connectivity index (χ1n) is 10.9. The number of alkyl halides is 4. The number of rotatable bonds is 27. The molecule has 2 unspecified atom stereocenters. The van der Waals surface area contributed by atoms with E-state index in [0.717, 1.165) is 0 Å². The minimum atomic E-state index is -4.34. The normalized spacial score (nSPS) is 13.8. The number of halogens is 4. The second-order valence-electron chi connectivity index (χ2n) is 6.87. The van der Waals surface area contributed by atoms with E-state index in [9.17, 15) is 27.8 Å². The van der Waals surface area contributed by atoms with Crippen molar-refractivity contribution in [3.63, 3.8) is 0 Å². The van der Waals surface area contributed by atoms with Gasteiger partial charge in [0.25, 0.3) is 0 Å². The molecule has 2 atom stereocenters. The van der Waals surface area contributed by atoms with Crippen LogP contribution in [0.3, 0.4) is 0 Å². The molecule has 2 N–H and O–H groups in total. The molecule has 0 aliphatic heterocycles. The fourth-order valence-electron chi connectivity index (χ4n) is 2.12. The number of aliphatic hydroxyl groups excluding tert-OH is 2. The monoisotopic (exact) mass is 540 g/mol. The molecule has 0 rings (SSSR count). The first-order valence-corrected chi connectivity index (χ1v) is 10.9. The number of hydrogen-bond donors (Lipinski definition) is 2. The largest absolute Gasteiger partial charge is 0.499 e. The van der Waals surface area contributed by atoms with Gasteiger partial charge in [-0.15, -0.1) is 0 Å². The fraction of sp³-hybridized carbons (Fsp3) is 0.810. The molecule has 0 aliphatic carbocycles. The van der Waals surface area contributed by atoms with Gasteiger partial charge in [-0.3, -0.25) is 4.74 Å². The van der Waals surface area contributed by atoms with Crippen LogP contribution in [-0.2, 0) is 42.6 Å². The summed E-state index contributed by atoms with van der Waals surface area (Å²) < 4.78 is 96.4. The lowest BCUT2D eigenvalue weighted by molar-refractivity contribution is -0.396. The highest BCUT2D eigenvalue weighted by Gasteiger charge is 2.44. The van der Waals surface area contributed by atoms with Gasteiger partial charge in [0.1, 0.15) is 45.4 Å². The first-order chi connectivity index (χ1) is 17.1. The van der Waals surface area contributed by atoms with Crippen LogP contribution in [0.4, 0.5) is 17.6 Å². The summed E-state index contributed by atoms with van der Waals surface area (Å²) in [6.07, 6.45) is -8.35. The molecule has 0 bridgehead atoms. The van der Waals surface area contributed by atoms with Crippen LogP contribution in [0.1, 0.15) is 0 Å². The van der Waals surface area contributed by atoms with Gasteiger partial charge in [0.05, 0.1) is 65.4 Å². The van der Waals surface area contributed by atoms with Gasteiger partial charge in [0.15, 0.2) is 0 Å². The summed E-state index contributed by atoms with van der Waals surface area (Å²) in [7, 11) is 0. The van der Waals surface area contributed by atoms with Crippen molar-refractivity contribution >= 4 is 0 Å². The van der Waals surface area contributed by atoms with Gasteiger partial charge in [-0.2, -0.15) is 17.6 Å². The average Bonchev–Trinajstić information content (AvgIpc) is 2.79. The summed E-state index contributed by atoms with van der Waals surface area (Å²) in [6, 6.07) is 0. The topological polar surface area (TPSA) is 124 Å². The van der Waals surface area contributed by atoms with Gasteiger partial charge in [-0.05, 0) is 0 Å². The standard InChI is InChI=1S/C21H36F4O11/c1-3-28-5-7-30-11-18(26)12-32-9-10-33-17-35-16-21(24,25)36-20(22,23)15-34-14-19(27)13-31-8-6-29-4-2/h3-4,18-19,26-27H,1-2,5-17H2. The van der Waals surface area contributed by atoms with Crippen molar-refractivity contribution in [3.8, 4) is 0 Å². The SMILES string of the molecule is C=COCCOCC(O)COCCOCOCC(F)(F)OC(F)(F)COCC(O)COCCOC=C. The molecular formula is C21H36F4O11. The van der Waals surface area contributed by atoms with Crippen molar-refractivity contribution in [2.45, 2.75) is 24.4 Å². The zero-order valence-electron chi connectivity index (χ0n) is 20.0. The lowest BCUT2D eigenvalue weighted by atomic mass is 10.4. The lowest BCUT2D eigenvalue weighted by Gasteiger charge is -2.24. The Hall–Kier alpha value is -1.56. The summed E-state index contributed by atoms with van der Waals surface area (Å²) in [4.78, 5) is 0. The predicted molar refractivity (Wildman–Crippen MR) is 115 cm³/mol. The van der Waals surface area contributed by atoms with Gasteiger partial charge in [-0.1, -0.05) is 13.2 Å². The molecule has 0 aromatic rings. The molecule has 0 aromatic carbocycles. The molecule has 0 aromatic heterocycles. The highest BCUT2D eigenvalue weighted by Crippen LogP contribution is 2.27. The molecule has 36 heavy (non-hydrogen) atoms. The third-order valence-electron chi connectivity index (χ3n) is 3.55. The van der Waals surface area contributed by atoms with Crippen molar-refractivity contribution < 1.29 is 70.4 Å². The van der Waals surface area contributed by atoms with Gasteiger partial charge in [0.2, 0.25) is 0 Å². The Morgan fingerprint density at radius 1 is 0.583 bits per heavy atom. The van der Waals surface area contributed by atoms with E-state index in [-0.39, 0.29) is 52.9 Å². The van der Waals surface area contributed by atoms with Crippen molar-refractivity contribution in [2.75, 3.05) is 86.1 Å². The maximum Gasteiger partial charge on any atom is 0.383 e. The van der Waals surface area contributed by atoms with E-state index in [0.29, 0.717) is 6.61 Å². The Bertz CT molecular complexity index is 544. The van der Waals surface area contributed by atoms with Crippen LogP contribution in [0.5, 0.6) is 0 Å². The van der Waals surface area contributed by atoms with Crippen molar-refractivity contribution in [1.29, 1.82) is 0 Å². The van der Waals surface area contributed by atoms with Gasteiger partial charge < -0.3 is 48.1 Å².